The van der Waals surface area contributed by atoms with Crippen LogP contribution in [0, 0.1) is 5.82 Å². The maximum absolute atomic E-state index is 13.8. The van der Waals surface area contributed by atoms with Crippen molar-refractivity contribution in [3.05, 3.63) is 64.4 Å². The zero-order valence-corrected chi connectivity index (χ0v) is 11.5. The van der Waals surface area contributed by atoms with Crippen LogP contribution in [0.5, 0.6) is 5.75 Å². The molecule has 20 heavy (non-hydrogen) atoms. The molecule has 1 fully saturated rings. The van der Waals surface area contributed by atoms with Crippen LogP contribution in [0.3, 0.4) is 0 Å². The van der Waals surface area contributed by atoms with Crippen molar-refractivity contribution in [2.75, 3.05) is 0 Å². The molecule has 1 aliphatic rings. The zero-order valence-electron chi connectivity index (χ0n) is 10.7. The number of rotatable bonds is 4. The molecule has 104 valence electrons. The highest BCUT2D eigenvalue weighted by Gasteiger charge is 2.24. The molecule has 0 aliphatic heterocycles. The highest BCUT2D eigenvalue weighted by Crippen LogP contribution is 2.31. The van der Waals surface area contributed by atoms with Gasteiger partial charge in [0.1, 0.15) is 17.7 Å². The highest BCUT2D eigenvalue weighted by molar-refractivity contribution is 6.30. The van der Waals surface area contributed by atoms with Crippen molar-refractivity contribution < 1.29 is 14.2 Å². The number of benzene rings is 2. The lowest BCUT2D eigenvalue weighted by molar-refractivity contribution is 0.214. The van der Waals surface area contributed by atoms with Crippen molar-refractivity contribution in [3.63, 3.8) is 0 Å². The lowest BCUT2D eigenvalue weighted by atomic mass is 10.0. The van der Waals surface area contributed by atoms with E-state index >= 15 is 0 Å². The Balaban J connectivity index is 1.86. The third-order valence-corrected chi connectivity index (χ3v) is 3.49. The Bertz CT molecular complexity index is 626. The molecule has 0 bridgehead atoms. The van der Waals surface area contributed by atoms with Gasteiger partial charge in [-0.1, -0.05) is 29.8 Å². The van der Waals surface area contributed by atoms with Crippen LogP contribution in [0.25, 0.3) is 0 Å². The lowest BCUT2D eigenvalue weighted by Crippen LogP contribution is -2.03. The SMILES string of the molecule is OC(c1cccc(OC2CC2)c1)c1ccc(Cl)cc1F. The summed E-state index contributed by atoms with van der Waals surface area (Å²) in [6.45, 7) is 0. The van der Waals surface area contributed by atoms with Gasteiger partial charge in [0.2, 0.25) is 0 Å². The van der Waals surface area contributed by atoms with Gasteiger partial charge in [-0.2, -0.15) is 0 Å². The molecule has 1 atom stereocenters. The Morgan fingerprint density at radius 1 is 1.20 bits per heavy atom. The van der Waals surface area contributed by atoms with Gasteiger partial charge in [-0.25, -0.2) is 4.39 Å². The highest BCUT2D eigenvalue weighted by atomic mass is 35.5. The molecule has 1 N–H and O–H groups in total. The summed E-state index contributed by atoms with van der Waals surface area (Å²) < 4.78 is 19.5. The first-order chi connectivity index (χ1) is 9.63. The molecule has 1 saturated carbocycles. The van der Waals surface area contributed by atoms with Crippen LogP contribution >= 0.6 is 11.6 Å². The molecule has 0 radical (unpaired) electrons. The number of hydrogen-bond donors (Lipinski definition) is 1. The van der Waals surface area contributed by atoms with Gasteiger partial charge in [0, 0.05) is 10.6 Å². The van der Waals surface area contributed by atoms with E-state index in [1.54, 1.807) is 24.3 Å². The van der Waals surface area contributed by atoms with Gasteiger partial charge in [0.25, 0.3) is 0 Å². The standard InChI is InChI=1S/C16H14ClFO2/c17-11-4-7-14(15(18)9-11)16(19)10-2-1-3-13(8-10)20-12-5-6-12/h1-4,7-9,12,16,19H,5-6H2. The molecular weight excluding hydrogens is 279 g/mol. The molecule has 0 amide bonds. The Kier molecular flexibility index (Phi) is 3.64. The molecule has 0 aromatic heterocycles. The molecule has 1 aliphatic carbocycles. The third kappa shape index (κ3) is 2.94. The molecule has 1 unspecified atom stereocenters. The van der Waals surface area contributed by atoms with Crippen molar-refractivity contribution in [3.8, 4) is 5.75 Å². The van der Waals surface area contributed by atoms with Gasteiger partial charge in [-0.15, -0.1) is 0 Å². The smallest absolute Gasteiger partial charge is 0.130 e. The minimum Gasteiger partial charge on any atom is -0.490 e. The summed E-state index contributed by atoms with van der Waals surface area (Å²) in [5, 5.41) is 10.6. The largest absolute Gasteiger partial charge is 0.490 e. The average Bonchev–Trinajstić information content (AvgIpc) is 3.22. The van der Waals surface area contributed by atoms with Crippen molar-refractivity contribution in [1.29, 1.82) is 0 Å². The minimum absolute atomic E-state index is 0.206. The second-order valence-electron chi connectivity index (χ2n) is 4.96. The number of aliphatic hydroxyl groups excluding tert-OH is 1. The van der Waals surface area contributed by atoms with Crippen molar-refractivity contribution in [2.45, 2.75) is 25.0 Å². The van der Waals surface area contributed by atoms with Crippen molar-refractivity contribution in [2.24, 2.45) is 0 Å². The topological polar surface area (TPSA) is 29.5 Å². The van der Waals surface area contributed by atoms with E-state index in [-0.39, 0.29) is 11.7 Å². The molecule has 0 heterocycles. The van der Waals surface area contributed by atoms with Gasteiger partial charge in [0.15, 0.2) is 0 Å². The summed E-state index contributed by atoms with van der Waals surface area (Å²) in [5.41, 5.74) is 0.808. The molecular formula is C16H14ClFO2. The molecule has 0 saturated heterocycles. The Morgan fingerprint density at radius 3 is 2.70 bits per heavy atom. The van der Waals surface area contributed by atoms with Crippen LogP contribution in [0.15, 0.2) is 42.5 Å². The predicted molar refractivity (Wildman–Crippen MR) is 75.6 cm³/mol. The van der Waals surface area contributed by atoms with E-state index < -0.39 is 11.9 Å². The maximum Gasteiger partial charge on any atom is 0.130 e. The number of halogens is 2. The van der Waals surface area contributed by atoms with Gasteiger partial charge in [-0.05, 0) is 42.7 Å². The van der Waals surface area contributed by atoms with Crippen LogP contribution in [-0.2, 0) is 0 Å². The number of hydrogen-bond acceptors (Lipinski definition) is 2. The summed E-state index contributed by atoms with van der Waals surface area (Å²) in [6, 6.07) is 11.4. The van der Waals surface area contributed by atoms with Gasteiger partial charge in [-0.3, -0.25) is 0 Å². The fourth-order valence-corrected chi connectivity index (χ4v) is 2.20. The van der Waals surface area contributed by atoms with E-state index in [0.29, 0.717) is 16.3 Å². The summed E-state index contributed by atoms with van der Waals surface area (Å²) >= 11 is 5.72. The lowest BCUT2D eigenvalue weighted by Gasteiger charge is -2.14. The van der Waals surface area contributed by atoms with E-state index in [0.717, 1.165) is 12.8 Å². The quantitative estimate of drug-likeness (QED) is 0.919. The second kappa shape index (κ2) is 5.43. The van der Waals surface area contributed by atoms with E-state index in [1.165, 1.54) is 12.1 Å². The molecule has 2 nitrogen and oxygen atoms in total. The van der Waals surface area contributed by atoms with Gasteiger partial charge in [0.05, 0.1) is 6.10 Å². The zero-order chi connectivity index (χ0) is 14.1. The van der Waals surface area contributed by atoms with E-state index in [2.05, 4.69) is 0 Å². The van der Waals surface area contributed by atoms with Crippen LogP contribution in [0.4, 0.5) is 4.39 Å². The fourth-order valence-electron chi connectivity index (χ4n) is 2.04. The summed E-state index contributed by atoms with van der Waals surface area (Å²) in [5.74, 6) is 0.192. The summed E-state index contributed by atoms with van der Waals surface area (Å²) in [4.78, 5) is 0. The van der Waals surface area contributed by atoms with E-state index in [4.69, 9.17) is 16.3 Å². The Hall–Kier alpha value is -1.58. The normalized spacial score (nSPS) is 15.9. The van der Waals surface area contributed by atoms with Gasteiger partial charge >= 0.3 is 0 Å². The van der Waals surface area contributed by atoms with E-state index in [1.807, 2.05) is 6.07 Å². The number of aliphatic hydroxyl groups is 1. The van der Waals surface area contributed by atoms with Crippen molar-refractivity contribution >= 4 is 11.6 Å². The third-order valence-electron chi connectivity index (χ3n) is 3.26. The monoisotopic (exact) mass is 292 g/mol. The molecule has 2 aromatic rings. The minimum atomic E-state index is -1.03. The second-order valence-corrected chi connectivity index (χ2v) is 5.39. The first-order valence-corrected chi connectivity index (χ1v) is 6.91. The van der Waals surface area contributed by atoms with Gasteiger partial charge < -0.3 is 9.84 Å². The predicted octanol–water partition coefficient (Wildman–Crippen LogP) is 4.10. The van der Waals surface area contributed by atoms with E-state index in [9.17, 15) is 9.50 Å². The first-order valence-electron chi connectivity index (χ1n) is 6.53. The number of ether oxygens (including phenoxy) is 1. The molecule has 2 aromatic carbocycles. The Labute approximate surface area is 121 Å². The Morgan fingerprint density at radius 2 is 2.00 bits per heavy atom. The van der Waals surface area contributed by atoms with Crippen LogP contribution < -0.4 is 4.74 Å². The molecule has 4 heteroatoms. The first kappa shape index (κ1) is 13.4. The summed E-state index contributed by atoms with van der Waals surface area (Å²) in [6.07, 6.45) is 1.39. The fraction of sp³-hybridized carbons (Fsp3) is 0.250. The molecule has 3 rings (SSSR count). The van der Waals surface area contributed by atoms with Crippen LogP contribution in [-0.4, -0.2) is 11.2 Å². The summed E-state index contributed by atoms with van der Waals surface area (Å²) in [7, 11) is 0. The van der Waals surface area contributed by atoms with Crippen LogP contribution in [0.1, 0.15) is 30.1 Å². The molecule has 0 spiro atoms. The average molecular weight is 293 g/mol. The maximum atomic E-state index is 13.8. The van der Waals surface area contributed by atoms with Crippen molar-refractivity contribution in [1.82, 2.24) is 0 Å². The van der Waals surface area contributed by atoms with Crippen LogP contribution in [0.2, 0.25) is 5.02 Å².